The first-order chi connectivity index (χ1) is 24.8. The maximum Gasteiger partial charge on any atom is 0.164 e. The van der Waals surface area contributed by atoms with Crippen LogP contribution in [0.3, 0.4) is 0 Å². The van der Waals surface area contributed by atoms with Crippen molar-refractivity contribution >= 4 is 43.9 Å². The molecule has 234 valence electrons. The monoisotopic (exact) mass is 641 g/mol. The third-order valence-corrected chi connectivity index (χ3v) is 9.34. The maximum absolute atomic E-state index is 6.48. The van der Waals surface area contributed by atoms with Gasteiger partial charge in [0.1, 0.15) is 22.3 Å². The quantitative estimate of drug-likeness (QED) is 0.187. The molecule has 0 bridgehead atoms. The number of fused-ring (bicyclic) bond motifs is 6. The summed E-state index contributed by atoms with van der Waals surface area (Å²) in [6.45, 7) is 0. The van der Waals surface area contributed by atoms with Crippen LogP contribution >= 0.6 is 0 Å². The molecule has 10 rings (SSSR count). The van der Waals surface area contributed by atoms with Crippen LogP contribution in [0.5, 0.6) is 0 Å². The molecule has 3 aromatic heterocycles. The fourth-order valence-electron chi connectivity index (χ4n) is 6.98. The van der Waals surface area contributed by atoms with Crippen molar-refractivity contribution in [2.45, 2.75) is 0 Å². The average molecular weight is 642 g/mol. The average Bonchev–Trinajstić information content (AvgIpc) is 3.76. The van der Waals surface area contributed by atoms with Gasteiger partial charge >= 0.3 is 0 Å². The second-order valence-electron chi connectivity index (χ2n) is 12.4. The minimum atomic E-state index is 0.569. The number of nitrogens with zero attached hydrogens (tertiary/aromatic N) is 3. The highest BCUT2D eigenvalue weighted by molar-refractivity contribution is 6.14. The molecular weight excluding hydrogens is 615 g/mol. The molecule has 7 aromatic carbocycles. The van der Waals surface area contributed by atoms with E-state index in [4.69, 9.17) is 23.8 Å². The molecule has 0 amide bonds. The van der Waals surface area contributed by atoms with E-state index in [1.165, 1.54) is 0 Å². The third-order valence-electron chi connectivity index (χ3n) is 9.34. The number of benzene rings is 7. The highest BCUT2D eigenvalue weighted by Crippen LogP contribution is 2.41. The minimum Gasteiger partial charge on any atom is -0.456 e. The van der Waals surface area contributed by atoms with E-state index in [0.717, 1.165) is 82.8 Å². The number of hydrogen-bond donors (Lipinski definition) is 0. The topological polar surface area (TPSA) is 65.0 Å². The first kappa shape index (κ1) is 28.2. The molecule has 50 heavy (non-hydrogen) atoms. The van der Waals surface area contributed by atoms with Crippen LogP contribution in [0.2, 0.25) is 0 Å². The van der Waals surface area contributed by atoms with Crippen LogP contribution in [0.15, 0.2) is 173 Å². The summed E-state index contributed by atoms with van der Waals surface area (Å²) >= 11 is 0. The molecule has 0 aliphatic heterocycles. The lowest BCUT2D eigenvalue weighted by atomic mass is 9.98. The molecule has 0 N–H and O–H groups in total. The lowest BCUT2D eigenvalue weighted by molar-refractivity contribution is 0.669. The van der Waals surface area contributed by atoms with Crippen LogP contribution in [0.4, 0.5) is 0 Å². The molecule has 10 aromatic rings. The molecule has 0 fully saturated rings. The fraction of sp³-hybridized carbons (Fsp3) is 0. The Labute approximate surface area is 287 Å². The Hall–Kier alpha value is -6.85. The highest BCUT2D eigenvalue weighted by Gasteiger charge is 2.21. The minimum absolute atomic E-state index is 0.569. The van der Waals surface area contributed by atoms with Gasteiger partial charge in [-0.15, -0.1) is 0 Å². The summed E-state index contributed by atoms with van der Waals surface area (Å²) < 4.78 is 12.9. The van der Waals surface area contributed by atoms with E-state index in [1.807, 2.05) is 84.9 Å². The maximum atomic E-state index is 6.48. The largest absolute Gasteiger partial charge is 0.456 e. The van der Waals surface area contributed by atoms with E-state index in [1.54, 1.807) is 0 Å². The van der Waals surface area contributed by atoms with Crippen molar-refractivity contribution in [1.82, 2.24) is 15.0 Å². The number of para-hydroxylation sites is 1. The Kier molecular flexibility index (Phi) is 6.42. The van der Waals surface area contributed by atoms with E-state index in [-0.39, 0.29) is 0 Å². The summed E-state index contributed by atoms with van der Waals surface area (Å²) in [7, 11) is 0. The Morgan fingerprint density at radius 3 is 1.60 bits per heavy atom. The highest BCUT2D eigenvalue weighted by atomic mass is 16.3. The van der Waals surface area contributed by atoms with E-state index >= 15 is 0 Å². The number of furan rings is 2. The molecule has 3 heterocycles. The summed E-state index contributed by atoms with van der Waals surface area (Å²) in [4.78, 5) is 15.5. The zero-order chi connectivity index (χ0) is 33.0. The molecule has 0 radical (unpaired) electrons. The van der Waals surface area contributed by atoms with Crippen LogP contribution in [-0.2, 0) is 0 Å². The van der Waals surface area contributed by atoms with Gasteiger partial charge in [-0.25, -0.2) is 15.0 Å². The van der Waals surface area contributed by atoms with Crippen LogP contribution < -0.4 is 0 Å². The van der Waals surface area contributed by atoms with Crippen molar-refractivity contribution < 1.29 is 8.83 Å². The summed E-state index contributed by atoms with van der Waals surface area (Å²) in [6, 6.07) is 55.6. The van der Waals surface area contributed by atoms with Crippen molar-refractivity contribution in [1.29, 1.82) is 0 Å². The standard InChI is InChI=1S/C45H27N3O2/c1-4-13-28(14-5-1)31-23-24-34-39(26-31)50-38-22-12-20-35(41(34)38)44-46-43(30-17-8-3-9-18-30)47-45(48-44)36-25-32(29-15-6-2-7-16-29)27-40-42(36)33-19-10-11-21-37(33)49-40/h1-27H. The number of hydrogen-bond acceptors (Lipinski definition) is 5. The fourth-order valence-corrected chi connectivity index (χ4v) is 6.98. The first-order valence-corrected chi connectivity index (χ1v) is 16.6. The van der Waals surface area contributed by atoms with Gasteiger partial charge in [0.05, 0.1) is 0 Å². The van der Waals surface area contributed by atoms with Crippen molar-refractivity contribution in [3.63, 3.8) is 0 Å². The molecule has 0 unspecified atom stereocenters. The first-order valence-electron chi connectivity index (χ1n) is 16.6. The van der Waals surface area contributed by atoms with Crippen LogP contribution in [0.1, 0.15) is 0 Å². The van der Waals surface area contributed by atoms with Crippen LogP contribution in [0, 0.1) is 0 Å². The normalized spacial score (nSPS) is 11.6. The summed E-state index contributed by atoms with van der Waals surface area (Å²) in [5, 5.41) is 3.96. The van der Waals surface area contributed by atoms with Crippen LogP contribution in [0.25, 0.3) is 100 Å². The molecule has 0 aliphatic carbocycles. The second kappa shape index (κ2) is 11.4. The van der Waals surface area contributed by atoms with E-state index in [9.17, 15) is 0 Å². The molecule has 0 saturated heterocycles. The number of rotatable bonds is 5. The molecular formula is C45H27N3O2. The van der Waals surface area contributed by atoms with Crippen molar-refractivity contribution in [3.8, 4) is 56.4 Å². The Morgan fingerprint density at radius 1 is 0.300 bits per heavy atom. The van der Waals surface area contributed by atoms with Crippen molar-refractivity contribution in [2.24, 2.45) is 0 Å². The van der Waals surface area contributed by atoms with Gasteiger partial charge in [0, 0.05) is 38.2 Å². The zero-order valence-corrected chi connectivity index (χ0v) is 26.7. The smallest absolute Gasteiger partial charge is 0.164 e. The zero-order valence-electron chi connectivity index (χ0n) is 26.7. The SMILES string of the molecule is c1ccc(-c2ccc3c(c2)oc2cccc(-c4nc(-c5ccccc5)nc(-c5cc(-c6ccccc6)cc6oc7ccccc7c56)n4)c23)cc1. The third kappa shape index (κ3) is 4.67. The van der Waals surface area contributed by atoms with Gasteiger partial charge in [0.15, 0.2) is 17.5 Å². The van der Waals surface area contributed by atoms with E-state index in [0.29, 0.717) is 17.5 Å². The lowest BCUT2D eigenvalue weighted by Gasteiger charge is -2.11. The Bertz CT molecular complexity index is 2860. The van der Waals surface area contributed by atoms with Gasteiger partial charge in [0.2, 0.25) is 0 Å². The molecule has 0 saturated carbocycles. The van der Waals surface area contributed by atoms with Crippen molar-refractivity contribution in [2.75, 3.05) is 0 Å². The molecule has 0 spiro atoms. The molecule has 5 heteroatoms. The van der Waals surface area contributed by atoms with Crippen molar-refractivity contribution in [3.05, 3.63) is 164 Å². The predicted molar refractivity (Wildman–Crippen MR) is 202 cm³/mol. The van der Waals surface area contributed by atoms with Gasteiger partial charge in [-0.2, -0.15) is 0 Å². The number of aromatic nitrogens is 3. The van der Waals surface area contributed by atoms with Gasteiger partial charge < -0.3 is 8.83 Å². The van der Waals surface area contributed by atoms with E-state index in [2.05, 4.69) is 78.9 Å². The molecule has 0 aliphatic rings. The second-order valence-corrected chi connectivity index (χ2v) is 12.4. The van der Waals surface area contributed by atoms with Crippen LogP contribution in [-0.4, -0.2) is 15.0 Å². The van der Waals surface area contributed by atoms with Gasteiger partial charge in [-0.3, -0.25) is 0 Å². The summed E-state index contributed by atoms with van der Waals surface area (Å²) in [6.07, 6.45) is 0. The van der Waals surface area contributed by atoms with Gasteiger partial charge in [-0.1, -0.05) is 127 Å². The molecule has 0 atom stereocenters. The summed E-state index contributed by atoms with van der Waals surface area (Å²) in [5.41, 5.74) is 10.2. The predicted octanol–water partition coefficient (Wildman–Crippen LogP) is 12.0. The Morgan fingerprint density at radius 2 is 0.840 bits per heavy atom. The Balaban J connectivity index is 1.25. The summed E-state index contributed by atoms with van der Waals surface area (Å²) in [5.74, 6) is 1.73. The van der Waals surface area contributed by atoms with Gasteiger partial charge in [-0.05, 0) is 58.7 Å². The lowest BCUT2D eigenvalue weighted by Crippen LogP contribution is -2.01. The van der Waals surface area contributed by atoms with Gasteiger partial charge in [0.25, 0.3) is 0 Å². The van der Waals surface area contributed by atoms with E-state index < -0.39 is 0 Å². The molecule has 5 nitrogen and oxygen atoms in total.